The van der Waals surface area contributed by atoms with Gasteiger partial charge in [-0.2, -0.15) is 5.26 Å². The summed E-state index contributed by atoms with van der Waals surface area (Å²) in [5.74, 6) is 0.682. The first kappa shape index (κ1) is 19.9. The van der Waals surface area contributed by atoms with Crippen molar-refractivity contribution in [3.63, 3.8) is 0 Å². The number of piperazine rings is 1. The van der Waals surface area contributed by atoms with Crippen molar-refractivity contribution >= 4 is 11.5 Å². The molecule has 2 aromatic carbocycles. The number of quaternary nitrogens is 1. The molecule has 26 heavy (non-hydrogen) atoms. The van der Waals surface area contributed by atoms with Gasteiger partial charge in [0, 0.05) is 5.69 Å². The normalized spacial score (nSPS) is 15.3. The Morgan fingerprint density at radius 2 is 1.88 bits per heavy atom. The number of nitriles is 1. The predicted molar refractivity (Wildman–Crippen MR) is 97.2 cm³/mol. The maximum Gasteiger partial charge on any atom is 0.216 e. The topological polar surface area (TPSA) is 43.8 Å². The number of hydrogen-bond donors (Lipinski definition) is 1. The van der Waals surface area contributed by atoms with Crippen LogP contribution in [0.15, 0.2) is 53.5 Å². The molecule has 0 aromatic heterocycles. The van der Waals surface area contributed by atoms with E-state index in [1.54, 1.807) is 0 Å². The van der Waals surface area contributed by atoms with E-state index in [1.165, 1.54) is 28.2 Å². The van der Waals surface area contributed by atoms with Gasteiger partial charge in [0.1, 0.15) is 18.9 Å². The fourth-order valence-corrected chi connectivity index (χ4v) is 3.29. The van der Waals surface area contributed by atoms with Gasteiger partial charge in [0.05, 0.1) is 19.5 Å². The molecule has 0 unspecified atom stereocenters. The Morgan fingerprint density at radius 3 is 2.50 bits per heavy atom. The Labute approximate surface area is 160 Å². The van der Waals surface area contributed by atoms with Gasteiger partial charge in [-0.25, -0.2) is 4.39 Å². The first-order valence-electron chi connectivity index (χ1n) is 8.52. The molecule has 0 saturated carbocycles. The number of rotatable bonds is 3. The Kier molecular flexibility index (Phi) is 7.14. The molecule has 1 N–H and O–H groups in total. The van der Waals surface area contributed by atoms with Crippen molar-refractivity contribution in [3.8, 4) is 6.19 Å². The summed E-state index contributed by atoms with van der Waals surface area (Å²) in [7, 11) is 0. The average molecular weight is 373 g/mol. The summed E-state index contributed by atoms with van der Waals surface area (Å²) < 4.78 is 13.1. The van der Waals surface area contributed by atoms with Gasteiger partial charge in [-0.15, -0.1) is 4.99 Å². The highest BCUT2D eigenvalue weighted by molar-refractivity contribution is 5.77. The number of nitrogens with one attached hydrogen (secondary N) is 1. The number of hydrogen-bond acceptors (Lipinski definition) is 3. The van der Waals surface area contributed by atoms with Crippen molar-refractivity contribution in [1.82, 2.24) is 0 Å². The van der Waals surface area contributed by atoms with Gasteiger partial charge in [-0.3, -0.25) is 4.90 Å². The van der Waals surface area contributed by atoms with E-state index < -0.39 is 0 Å². The molecule has 0 aliphatic carbocycles. The van der Waals surface area contributed by atoms with E-state index in [4.69, 9.17) is 5.26 Å². The van der Waals surface area contributed by atoms with Crippen LogP contribution in [0.4, 0.5) is 10.1 Å². The fraction of sp³-hybridized carbons (Fsp3) is 0.300. The average Bonchev–Trinajstić information content (AvgIpc) is 2.62. The number of halogens is 2. The molecule has 0 atom stereocenters. The van der Waals surface area contributed by atoms with Gasteiger partial charge in [-0.1, -0.05) is 29.8 Å². The van der Waals surface area contributed by atoms with Crippen molar-refractivity contribution in [2.24, 2.45) is 4.99 Å². The van der Waals surface area contributed by atoms with Crippen molar-refractivity contribution in [2.75, 3.05) is 31.1 Å². The third-order valence-corrected chi connectivity index (χ3v) is 4.61. The number of nitrogens with zero attached hydrogens (tertiary/aromatic N) is 3. The smallest absolute Gasteiger partial charge is 0.216 e. The number of amidine groups is 1. The highest BCUT2D eigenvalue weighted by Gasteiger charge is 2.25. The first-order chi connectivity index (χ1) is 12.2. The molecule has 1 saturated heterocycles. The van der Waals surface area contributed by atoms with Gasteiger partial charge >= 0.3 is 0 Å². The molecule has 0 bridgehead atoms. The SMILES string of the molecule is Cc1cccc(CC(=NC#N)[NH+]2CCN(c3ccc(F)cc3)CC2)c1.[Cl-]. The molecular weight excluding hydrogens is 351 g/mol. The molecule has 1 aliphatic rings. The molecule has 0 spiro atoms. The molecule has 136 valence electrons. The van der Waals surface area contributed by atoms with Crippen LogP contribution < -0.4 is 22.2 Å². The summed E-state index contributed by atoms with van der Waals surface area (Å²) in [4.78, 5) is 7.60. The van der Waals surface area contributed by atoms with E-state index in [1.807, 2.05) is 24.4 Å². The number of aliphatic imine (C=N–C) groups is 1. The lowest BCUT2D eigenvalue weighted by atomic mass is 10.1. The Hall–Kier alpha value is -2.42. The molecule has 6 heteroatoms. The zero-order valence-corrected chi connectivity index (χ0v) is 15.5. The maximum atomic E-state index is 13.1. The first-order valence-corrected chi connectivity index (χ1v) is 8.52. The lowest BCUT2D eigenvalue weighted by molar-refractivity contribution is -0.808. The Morgan fingerprint density at radius 1 is 1.19 bits per heavy atom. The second kappa shape index (κ2) is 9.33. The minimum Gasteiger partial charge on any atom is -1.00 e. The van der Waals surface area contributed by atoms with Crippen LogP contribution in [-0.4, -0.2) is 32.0 Å². The summed E-state index contributed by atoms with van der Waals surface area (Å²) in [5.41, 5.74) is 3.44. The third-order valence-electron chi connectivity index (χ3n) is 4.61. The Bertz CT molecular complexity index is 790. The summed E-state index contributed by atoms with van der Waals surface area (Å²) in [6.45, 7) is 5.55. The zero-order valence-electron chi connectivity index (χ0n) is 14.8. The quantitative estimate of drug-likeness (QED) is 0.425. The van der Waals surface area contributed by atoms with Crippen LogP contribution in [0.2, 0.25) is 0 Å². The zero-order chi connectivity index (χ0) is 17.6. The van der Waals surface area contributed by atoms with Gasteiger partial charge in [-0.05, 0) is 36.8 Å². The van der Waals surface area contributed by atoms with Crippen LogP contribution in [0.1, 0.15) is 11.1 Å². The molecule has 4 nitrogen and oxygen atoms in total. The predicted octanol–water partition coefficient (Wildman–Crippen LogP) is -1.03. The number of benzene rings is 2. The van der Waals surface area contributed by atoms with E-state index in [-0.39, 0.29) is 18.2 Å². The molecule has 1 aliphatic heterocycles. The molecule has 2 aromatic rings. The van der Waals surface area contributed by atoms with Crippen molar-refractivity contribution in [2.45, 2.75) is 13.3 Å². The number of aryl methyl sites for hydroxylation is 1. The van der Waals surface area contributed by atoms with Crippen LogP contribution in [0.25, 0.3) is 0 Å². The van der Waals surface area contributed by atoms with E-state index in [9.17, 15) is 4.39 Å². The van der Waals surface area contributed by atoms with Crippen molar-refractivity contribution in [1.29, 1.82) is 5.26 Å². The van der Waals surface area contributed by atoms with Gasteiger partial charge in [0.2, 0.25) is 12.0 Å². The van der Waals surface area contributed by atoms with Gasteiger partial charge < -0.3 is 17.3 Å². The second-order valence-electron chi connectivity index (χ2n) is 6.39. The molecule has 0 radical (unpaired) electrons. The minimum atomic E-state index is -0.213. The second-order valence-corrected chi connectivity index (χ2v) is 6.39. The third kappa shape index (κ3) is 5.04. The van der Waals surface area contributed by atoms with E-state index in [2.05, 4.69) is 35.0 Å². The van der Waals surface area contributed by atoms with Crippen LogP contribution in [0.5, 0.6) is 0 Å². The molecule has 0 amide bonds. The summed E-state index contributed by atoms with van der Waals surface area (Å²) >= 11 is 0. The van der Waals surface area contributed by atoms with Crippen LogP contribution in [0.3, 0.4) is 0 Å². The minimum absolute atomic E-state index is 0. The lowest BCUT2D eigenvalue weighted by Gasteiger charge is -2.33. The van der Waals surface area contributed by atoms with Gasteiger partial charge in [0.15, 0.2) is 0 Å². The molecular formula is C20H22ClFN4. The highest BCUT2D eigenvalue weighted by Crippen LogP contribution is 2.14. The molecule has 1 heterocycles. The maximum absolute atomic E-state index is 13.1. The van der Waals surface area contributed by atoms with Crippen molar-refractivity contribution < 1.29 is 21.7 Å². The summed E-state index contributed by atoms with van der Waals surface area (Å²) in [6, 6.07) is 14.9. The monoisotopic (exact) mass is 372 g/mol. The summed E-state index contributed by atoms with van der Waals surface area (Å²) in [6.07, 6.45) is 2.66. The van der Waals surface area contributed by atoms with E-state index >= 15 is 0 Å². The largest absolute Gasteiger partial charge is 1.00 e. The standard InChI is InChI=1S/C20H21FN4.ClH/c1-16-3-2-4-17(13-16)14-20(23-15-22)25-11-9-24(10-12-25)19-7-5-18(21)6-8-19;/h2-8,13H,9-12,14H2,1H3;1H. The van der Waals surface area contributed by atoms with Crippen LogP contribution in [-0.2, 0) is 6.42 Å². The highest BCUT2D eigenvalue weighted by atomic mass is 35.5. The van der Waals surface area contributed by atoms with Crippen LogP contribution in [0, 0.1) is 24.2 Å². The van der Waals surface area contributed by atoms with Gasteiger partial charge in [0.25, 0.3) is 0 Å². The molecule has 1 fully saturated rings. The fourth-order valence-electron chi connectivity index (χ4n) is 3.29. The Balaban J connectivity index is 0.00000243. The molecule has 3 rings (SSSR count). The van der Waals surface area contributed by atoms with E-state index in [0.29, 0.717) is 6.42 Å². The van der Waals surface area contributed by atoms with E-state index in [0.717, 1.165) is 37.7 Å². The summed E-state index contributed by atoms with van der Waals surface area (Å²) in [5, 5.41) is 9.06. The van der Waals surface area contributed by atoms with Crippen LogP contribution >= 0.6 is 0 Å². The number of anilines is 1. The lowest BCUT2D eigenvalue weighted by Crippen LogP contribution is -3.17. The van der Waals surface area contributed by atoms with Crippen molar-refractivity contribution in [3.05, 3.63) is 65.5 Å².